The number of rotatable bonds is 3. The smallest absolute Gasteiger partial charge is 0.318 e. The Morgan fingerprint density at radius 3 is 2.76 bits per heavy atom. The molecule has 3 heterocycles. The number of hydrogen-bond acceptors (Lipinski definition) is 6. The molecule has 0 radical (unpaired) electrons. The van der Waals surface area contributed by atoms with Crippen molar-refractivity contribution in [3.63, 3.8) is 0 Å². The van der Waals surface area contributed by atoms with Gasteiger partial charge in [0.25, 0.3) is 0 Å². The predicted octanol–water partition coefficient (Wildman–Crippen LogP) is 0.675. The molecule has 0 aromatic carbocycles. The van der Waals surface area contributed by atoms with Crippen LogP contribution in [0.3, 0.4) is 0 Å². The molecule has 0 spiro atoms. The van der Waals surface area contributed by atoms with E-state index in [4.69, 9.17) is 5.26 Å². The van der Waals surface area contributed by atoms with E-state index in [2.05, 4.69) is 31.5 Å². The van der Waals surface area contributed by atoms with E-state index in [1.54, 1.807) is 34.1 Å². The number of nitrogens with zero attached hydrogens (tertiary/aromatic N) is 7. The van der Waals surface area contributed by atoms with Crippen molar-refractivity contribution in [1.82, 2.24) is 30.0 Å². The first kappa shape index (κ1) is 16.7. The zero-order chi connectivity index (χ0) is 17.8. The molecule has 1 aliphatic heterocycles. The lowest BCUT2D eigenvalue weighted by atomic mass is 10.2. The molecule has 0 aliphatic carbocycles. The van der Waals surface area contributed by atoms with E-state index in [0.29, 0.717) is 37.6 Å². The summed E-state index contributed by atoms with van der Waals surface area (Å²) in [7, 11) is 1.85. The monoisotopic (exact) mass is 340 g/mol. The van der Waals surface area contributed by atoms with Gasteiger partial charge in [-0.3, -0.25) is 0 Å². The lowest BCUT2D eigenvalue weighted by molar-refractivity contribution is 0.190. The number of aryl methyl sites for hydroxylation is 1. The molecule has 0 saturated carbocycles. The van der Waals surface area contributed by atoms with Crippen molar-refractivity contribution < 1.29 is 4.79 Å². The van der Waals surface area contributed by atoms with Crippen molar-refractivity contribution in [3.05, 3.63) is 36.0 Å². The Kier molecular flexibility index (Phi) is 4.79. The second kappa shape index (κ2) is 7.17. The Labute approximate surface area is 145 Å². The van der Waals surface area contributed by atoms with Gasteiger partial charge in [0, 0.05) is 39.4 Å². The number of pyridine rings is 1. The number of nitrogens with one attached hydrogen (secondary N) is 1. The standard InChI is InChI=1S/C16H20N8O/c1-12(15-21-19-11-22(15)2)20-16(25)24-7-5-23(6-8-24)14-9-13(10-17)3-4-18-14/h3-4,9,11-12H,5-8H2,1-2H3,(H,20,25). The second-order valence-electron chi connectivity index (χ2n) is 5.96. The molecule has 3 rings (SSSR count). The first-order chi connectivity index (χ1) is 12.1. The molecule has 9 heteroatoms. The lowest BCUT2D eigenvalue weighted by Crippen LogP contribution is -2.52. The number of hydrogen-bond donors (Lipinski definition) is 1. The van der Waals surface area contributed by atoms with Gasteiger partial charge in [-0.05, 0) is 19.1 Å². The van der Waals surface area contributed by atoms with Crippen LogP contribution in [0.4, 0.5) is 10.6 Å². The summed E-state index contributed by atoms with van der Waals surface area (Å²) in [5.74, 6) is 1.48. The van der Waals surface area contributed by atoms with Gasteiger partial charge in [0.15, 0.2) is 5.82 Å². The highest BCUT2D eigenvalue weighted by Crippen LogP contribution is 2.15. The van der Waals surface area contributed by atoms with E-state index in [0.717, 1.165) is 5.82 Å². The molecule has 1 aliphatic rings. The molecule has 9 nitrogen and oxygen atoms in total. The highest BCUT2D eigenvalue weighted by molar-refractivity contribution is 5.75. The summed E-state index contributed by atoms with van der Waals surface area (Å²) in [5.41, 5.74) is 0.586. The summed E-state index contributed by atoms with van der Waals surface area (Å²) < 4.78 is 1.79. The van der Waals surface area contributed by atoms with E-state index in [1.807, 2.05) is 14.0 Å². The van der Waals surface area contributed by atoms with E-state index in [9.17, 15) is 4.79 Å². The molecule has 1 saturated heterocycles. The molecule has 2 amide bonds. The van der Waals surface area contributed by atoms with Gasteiger partial charge in [0.1, 0.15) is 12.1 Å². The third kappa shape index (κ3) is 3.68. The number of aromatic nitrogens is 4. The lowest BCUT2D eigenvalue weighted by Gasteiger charge is -2.35. The average Bonchev–Trinajstić information content (AvgIpc) is 3.08. The molecule has 1 unspecified atom stereocenters. The van der Waals surface area contributed by atoms with E-state index in [1.165, 1.54) is 0 Å². The van der Waals surface area contributed by atoms with E-state index in [-0.39, 0.29) is 12.1 Å². The Morgan fingerprint density at radius 2 is 2.12 bits per heavy atom. The van der Waals surface area contributed by atoms with Crippen LogP contribution in [0, 0.1) is 11.3 Å². The van der Waals surface area contributed by atoms with Crippen LogP contribution < -0.4 is 10.2 Å². The minimum absolute atomic E-state index is 0.117. The predicted molar refractivity (Wildman–Crippen MR) is 90.7 cm³/mol. The number of carbonyl (C=O) groups is 1. The van der Waals surface area contributed by atoms with Crippen LogP contribution >= 0.6 is 0 Å². The van der Waals surface area contributed by atoms with E-state index >= 15 is 0 Å². The third-order valence-electron chi connectivity index (χ3n) is 4.24. The normalized spacial score (nSPS) is 15.6. The zero-order valence-corrected chi connectivity index (χ0v) is 14.3. The third-order valence-corrected chi connectivity index (χ3v) is 4.24. The minimum atomic E-state index is -0.216. The summed E-state index contributed by atoms with van der Waals surface area (Å²) in [6.07, 6.45) is 3.24. The van der Waals surface area contributed by atoms with Crippen LogP contribution in [-0.4, -0.2) is 56.9 Å². The van der Waals surface area contributed by atoms with Gasteiger partial charge >= 0.3 is 6.03 Å². The zero-order valence-electron chi connectivity index (χ0n) is 14.3. The second-order valence-corrected chi connectivity index (χ2v) is 5.96. The fourth-order valence-electron chi connectivity index (χ4n) is 2.82. The largest absolute Gasteiger partial charge is 0.353 e. The number of amides is 2. The Hall–Kier alpha value is -3.15. The van der Waals surface area contributed by atoms with Gasteiger partial charge in [-0.25, -0.2) is 9.78 Å². The number of piperazine rings is 1. The topological polar surface area (TPSA) is 103 Å². The Morgan fingerprint density at radius 1 is 1.36 bits per heavy atom. The van der Waals surface area contributed by atoms with Crippen LogP contribution in [0.2, 0.25) is 0 Å². The summed E-state index contributed by atoms with van der Waals surface area (Å²) in [6, 6.07) is 5.24. The summed E-state index contributed by atoms with van der Waals surface area (Å²) >= 11 is 0. The fraction of sp³-hybridized carbons (Fsp3) is 0.438. The summed E-state index contributed by atoms with van der Waals surface area (Å²) in [4.78, 5) is 20.6. The van der Waals surface area contributed by atoms with Crippen molar-refractivity contribution in [2.24, 2.45) is 7.05 Å². The Balaban J connectivity index is 1.56. The van der Waals surface area contributed by atoms with E-state index < -0.39 is 0 Å². The molecule has 2 aromatic heterocycles. The molecular formula is C16H20N8O. The molecule has 1 N–H and O–H groups in total. The van der Waals surface area contributed by atoms with Crippen LogP contribution in [0.5, 0.6) is 0 Å². The molecule has 1 atom stereocenters. The number of anilines is 1. The van der Waals surface area contributed by atoms with Crippen molar-refractivity contribution in [2.75, 3.05) is 31.1 Å². The van der Waals surface area contributed by atoms with Gasteiger partial charge in [-0.15, -0.1) is 10.2 Å². The summed E-state index contributed by atoms with van der Waals surface area (Å²) in [6.45, 7) is 4.42. The van der Waals surface area contributed by atoms with Crippen molar-refractivity contribution >= 4 is 11.8 Å². The Bertz CT molecular complexity index is 787. The van der Waals surface area contributed by atoms with Crippen molar-refractivity contribution in [2.45, 2.75) is 13.0 Å². The van der Waals surface area contributed by atoms with Gasteiger partial charge < -0.3 is 19.7 Å². The highest BCUT2D eigenvalue weighted by atomic mass is 16.2. The molecule has 0 bridgehead atoms. The van der Waals surface area contributed by atoms with Crippen LogP contribution in [0.1, 0.15) is 24.4 Å². The van der Waals surface area contributed by atoms with Gasteiger partial charge in [0.05, 0.1) is 17.7 Å². The first-order valence-electron chi connectivity index (χ1n) is 8.09. The van der Waals surface area contributed by atoms with Crippen LogP contribution in [-0.2, 0) is 7.05 Å². The quantitative estimate of drug-likeness (QED) is 0.881. The first-order valence-corrected chi connectivity index (χ1v) is 8.09. The number of carbonyl (C=O) groups excluding carboxylic acids is 1. The van der Waals surface area contributed by atoms with Gasteiger partial charge in [0.2, 0.25) is 0 Å². The minimum Gasteiger partial charge on any atom is -0.353 e. The SMILES string of the molecule is CC(NC(=O)N1CCN(c2cc(C#N)ccn2)CC1)c1nncn1C. The number of nitriles is 1. The maximum atomic E-state index is 12.4. The molecule has 1 fully saturated rings. The van der Waals surface area contributed by atoms with Crippen LogP contribution in [0.15, 0.2) is 24.7 Å². The molecular weight excluding hydrogens is 320 g/mol. The maximum Gasteiger partial charge on any atom is 0.318 e. The highest BCUT2D eigenvalue weighted by Gasteiger charge is 2.24. The molecule has 25 heavy (non-hydrogen) atoms. The molecule has 130 valence electrons. The number of urea groups is 1. The van der Waals surface area contributed by atoms with Crippen LogP contribution in [0.25, 0.3) is 0 Å². The summed E-state index contributed by atoms with van der Waals surface area (Å²) in [5, 5.41) is 19.8. The fourth-order valence-corrected chi connectivity index (χ4v) is 2.82. The van der Waals surface area contributed by atoms with Gasteiger partial charge in [-0.2, -0.15) is 5.26 Å². The maximum absolute atomic E-state index is 12.4. The van der Waals surface area contributed by atoms with Crippen molar-refractivity contribution in [1.29, 1.82) is 5.26 Å². The molecule has 2 aromatic rings. The average molecular weight is 340 g/mol. The van der Waals surface area contributed by atoms with Crippen molar-refractivity contribution in [3.8, 4) is 6.07 Å². The van der Waals surface area contributed by atoms with Gasteiger partial charge in [-0.1, -0.05) is 0 Å².